The average Bonchev–Trinajstić information content (AvgIpc) is 2.85. The number of hydrogen-bond donors (Lipinski definition) is 2. The summed E-state index contributed by atoms with van der Waals surface area (Å²) in [7, 11) is -3.46. The van der Waals surface area contributed by atoms with Crippen molar-refractivity contribution in [3.8, 4) is 0 Å². The zero-order chi connectivity index (χ0) is 14.8. The molecule has 0 bridgehead atoms. The van der Waals surface area contributed by atoms with Crippen molar-refractivity contribution >= 4 is 21.8 Å². The molecule has 0 radical (unpaired) electrons. The van der Waals surface area contributed by atoms with E-state index in [1.807, 2.05) is 19.2 Å². The molecule has 1 fully saturated rings. The van der Waals surface area contributed by atoms with Crippen LogP contribution in [-0.4, -0.2) is 26.0 Å². The van der Waals surface area contributed by atoms with Crippen LogP contribution in [0.5, 0.6) is 0 Å². The normalized spacial score (nSPS) is 24.8. The fourth-order valence-electron chi connectivity index (χ4n) is 2.58. The summed E-state index contributed by atoms with van der Waals surface area (Å²) in [6, 6.07) is 6.75. The first-order valence-corrected chi connectivity index (χ1v) is 9.62. The van der Waals surface area contributed by atoms with Crippen molar-refractivity contribution in [2.45, 2.75) is 48.4 Å². The highest BCUT2D eigenvalue weighted by Gasteiger charge is 2.30. The zero-order valence-electron chi connectivity index (χ0n) is 11.9. The molecular formula is C14H22N2O2S2. The Labute approximate surface area is 125 Å². The molecule has 3 atom stereocenters. The van der Waals surface area contributed by atoms with Crippen molar-refractivity contribution in [2.24, 2.45) is 5.73 Å². The maximum Gasteiger partial charge on any atom is 0.240 e. The van der Waals surface area contributed by atoms with Crippen LogP contribution in [0.2, 0.25) is 0 Å². The first kappa shape index (κ1) is 15.8. The van der Waals surface area contributed by atoms with Gasteiger partial charge >= 0.3 is 0 Å². The van der Waals surface area contributed by atoms with Crippen LogP contribution < -0.4 is 10.5 Å². The summed E-state index contributed by atoms with van der Waals surface area (Å²) in [5.74, 6) is 0. The van der Waals surface area contributed by atoms with Gasteiger partial charge in [0.25, 0.3) is 0 Å². The van der Waals surface area contributed by atoms with E-state index in [1.165, 1.54) is 0 Å². The molecule has 1 aromatic carbocycles. The highest BCUT2D eigenvalue weighted by atomic mass is 32.2. The number of rotatable bonds is 5. The Morgan fingerprint density at radius 2 is 2.15 bits per heavy atom. The van der Waals surface area contributed by atoms with Crippen LogP contribution in [0, 0.1) is 0 Å². The molecule has 3 unspecified atom stereocenters. The van der Waals surface area contributed by atoms with E-state index in [0.29, 0.717) is 10.1 Å². The summed E-state index contributed by atoms with van der Waals surface area (Å²) >= 11 is 1.74. The van der Waals surface area contributed by atoms with Crippen molar-refractivity contribution in [3.05, 3.63) is 29.8 Å². The van der Waals surface area contributed by atoms with E-state index in [1.54, 1.807) is 30.0 Å². The van der Waals surface area contributed by atoms with E-state index >= 15 is 0 Å². The van der Waals surface area contributed by atoms with Crippen molar-refractivity contribution in [1.29, 1.82) is 0 Å². The Balaban J connectivity index is 2.20. The summed E-state index contributed by atoms with van der Waals surface area (Å²) in [4.78, 5) is 0.305. The predicted octanol–water partition coefficient (Wildman–Crippen LogP) is 2.27. The molecule has 1 saturated carbocycles. The van der Waals surface area contributed by atoms with Gasteiger partial charge in [0.1, 0.15) is 0 Å². The van der Waals surface area contributed by atoms with Gasteiger partial charge in [-0.15, -0.1) is 0 Å². The van der Waals surface area contributed by atoms with Gasteiger partial charge in [0.05, 0.1) is 4.90 Å². The second-order valence-electron chi connectivity index (χ2n) is 5.29. The second-order valence-corrected chi connectivity index (χ2v) is 8.08. The first-order chi connectivity index (χ1) is 9.44. The Morgan fingerprint density at radius 1 is 1.40 bits per heavy atom. The SMILES string of the molecule is CSC1CCCC1NS(=O)(=O)c1cccc(C(C)N)c1. The summed E-state index contributed by atoms with van der Waals surface area (Å²) in [6.45, 7) is 1.85. The Hall–Kier alpha value is -0.560. The van der Waals surface area contributed by atoms with E-state index in [-0.39, 0.29) is 12.1 Å². The Kier molecular flexibility index (Phi) is 5.12. The number of sulfonamides is 1. The number of benzene rings is 1. The lowest BCUT2D eigenvalue weighted by Gasteiger charge is -2.19. The van der Waals surface area contributed by atoms with E-state index < -0.39 is 10.0 Å². The maximum absolute atomic E-state index is 12.5. The molecule has 3 N–H and O–H groups in total. The van der Waals surface area contributed by atoms with Crippen LogP contribution in [0.1, 0.15) is 37.8 Å². The smallest absolute Gasteiger partial charge is 0.240 e. The van der Waals surface area contributed by atoms with Crippen molar-refractivity contribution in [1.82, 2.24) is 4.72 Å². The second kappa shape index (κ2) is 6.47. The number of nitrogens with two attached hydrogens (primary N) is 1. The van der Waals surface area contributed by atoms with Gasteiger partial charge in [-0.25, -0.2) is 13.1 Å². The van der Waals surface area contributed by atoms with E-state index in [9.17, 15) is 8.42 Å². The molecule has 0 aromatic heterocycles. The predicted molar refractivity (Wildman–Crippen MR) is 84.3 cm³/mol. The van der Waals surface area contributed by atoms with E-state index in [4.69, 9.17) is 5.73 Å². The van der Waals surface area contributed by atoms with E-state index in [2.05, 4.69) is 4.72 Å². The minimum absolute atomic E-state index is 0.0361. The monoisotopic (exact) mass is 314 g/mol. The summed E-state index contributed by atoms with van der Waals surface area (Å²) in [5, 5.41) is 0.376. The Morgan fingerprint density at radius 3 is 2.80 bits per heavy atom. The first-order valence-electron chi connectivity index (χ1n) is 6.84. The topological polar surface area (TPSA) is 72.2 Å². The standard InChI is InChI=1S/C14H22N2O2S2/c1-10(15)11-5-3-6-12(9-11)20(17,18)16-13-7-4-8-14(13)19-2/h3,5-6,9-10,13-14,16H,4,7-8,15H2,1-2H3. The highest BCUT2D eigenvalue weighted by molar-refractivity contribution is 7.99. The quantitative estimate of drug-likeness (QED) is 0.874. The van der Waals surface area contributed by atoms with Crippen LogP contribution in [-0.2, 0) is 10.0 Å². The summed E-state index contributed by atoms with van der Waals surface area (Å²) in [5.41, 5.74) is 6.65. The average molecular weight is 314 g/mol. The molecule has 0 heterocycles. The van der Waals surface area contributed by atoms with Gasteiger partial charge in [-0.1, -0.05) is 18.6 Å². The largest absolute Gasteiger partial charge is 0.324 e. The van der Waals surface area contributed by atoms with Gasteiger partial charge in [-0.3, -0.25) is 0 Å². The number of thioether (sulfide) groups is 1. The lowest BCUT2D eigenvalue weighted by atomic mass is 10.1. The van der Waals surface area contributed by atoms with Gasteiger partial charge in [0, 0.05) is 17.3 Å². The summed E-state index contributed by atoms with van der Waals surface area (Å²) < 4.78 is 27.8. The lowest BCUT2D eigenvalue weighted by Crippen LogP contribution is -2.38. The zero-order valence-corrected chi connectivity index (χ0v) is 13.5. The minimum atomic E-state index is -3.46. The molecule has 4 nitrogen and oxygen atoms in total. The highest BCUT2D eigenvalue weighted by Crippen LogP contribution is 2.29. The van der Waals surface area contributed by atoms with Crippen molar-refractivity contribution < 1.29 is 8.42 Å². The van der Waals surface area contributed by atoms with Gasteiger partial charge in [0.2, 0.25) is 10.0 Å². The molecule has 1 aromatic rings. The third kappa shape index (κ3) is 3.55. The molecule has 6 heteroatoms. The summed E-state index contributed by atoms with van der Waals surface area (Å²) in [6.07, 6.45) is 5.11. The fourth-order valence-corrected chi connectivity index (χ4v) is 4.96. The molecule has 0 spiro atoms. The maximum atomic E-state index is 12.5. The van der Waals surface area contributed by atoms with Gasteiger partial charge in [-0.05, 0) is 43.7 Å². The van der Waals surface area contributed by atoms with Crippen molar-refractivity contribution in [2.75, 3.05) is 6.26 Å². The van der Waals surface area contributed by atoms with Crippen LogP contribution in [0.4, 0.5) is 0 Å². The van der Waals surface area contributed by atoms with Gasteiger partial charge < -0.3 is 5.73 Å². The molecule has 0 saturated heterocycles. The molecule has 0 aliphatic heterocycles. The fraction of sp³-hybridized carbons (Fsp3) is 0.571. The molecule has 1 aliphatic carbocycles. The van der Waals surface area contributed by atoms with Crippen LogP contribution >= 0.6 is 11.8 Å². The van der Waals surface area contributed by atoms with Gasteiger partial charge in [-0.2, -0.15) is 11.8 Å². The third-order valence-electron chi connectivity index (χ3n) is 3.76. The molecule has 1 aliphatic rings. The molecule has 2 rings (SSSR count). The molecular weight excluding hydrogens is 292 g/mol. The van der Waals surface area contributed by atoms with Crippen molar-refractivity contribution in [3.63, 3.8) is 0 Å². The van der Waals surface area contributed by atoms with Crippen LogP contribution in [0.15, 0.2) is 29.2 Å². The van der Waals surface area contributed by atoms with Crippen LogP contribution in [0.25, 0.3) is 0 Å². The third-order valence-corrected chi connectivity index (χ3v) is 6.41. The molecule has 20 heavy (non-hydrogen) atoms. The number of hydrogen-bond acceptors (Lipinski definition) is 4. The molecule has 112 valence electrons. The minimum Gasteiger partial charge on any atom is -0.324 e. The van der Waals surface area contributed by atoms with Crippen LogP contribution in [0.3, 0.4) is 0 Å². The Bertz CT molecular complexity index is 558. The lowest BCUT2D eigenvalue weighted by molar-refractivity contribution is 0.555. The molecule has 0 amide bonds. The van der Waals surface area contributed by atoms with Gasteiger partial charge in [0.15, 0.2) is 0 Å². The number of nitrogens with one attached hydrogen (secondary N) is 1. The van der Waals surface area contributed by atoms with E-state index in [0.717, 1.165) is 24.8 Å².